The second-order valence-corrected chi connectivity index (χ2v) is 8.43. The molecule has 1 fully saturated rings. The lowest BCUT2D eigenvalue weighted by atomic mass is 10.2. The highest BCUT2D eigenvalue weighted by molar-refractivity contribution is 5.92. The summed E-state index contributed by atoms with van der Waals surface area (Å²) in [6, 6.07) is 11.7. The van der Waals surface area contributed by atoms with Crippen LogP contribution in [-0.4, -0.2) is 45.4 Å². The zero-order valence-electron chi connectivity index (χ0n) is 17.9. The van der Waals surface area contributed by atoms with Crippen LogP contribution in [0.25, 0.3) is 0 Å². The molecule has 1 aromatic carbocycles. The molecule has 29 heavy (non-hydrogen) atoms. The van der Waals surface area contributed by atoms with Crippen molar-refractivity contribution in [2.75, 3.05) is 18.4 Å². The quantitative estimate of drug-likeness (QED) is 0.733. The number of carbonyl (C=O) groups excluding carboxylic acids is 2. The van der Waals surface area contributed by atoms with Gasteiger partial charge in [-0.25, -0.2) is 4.79 Å². The molecular formula is C23H32N4O2. The maximum atomic E-state index is 13.2. The first-order valence-electron chi connectivity index (χ1n) is 10.4. The molecule has 3 rings (SSSR count). The van der Waals surface area contributed by atoms with Gasteiger partial charge in [0.2, 0.25) is 5.91 Å². The van der Waals surface area contributed by atoms with Gasteiger partial charge in [0.25, 0.3) is 0 Å². The number of amides is 3. The second-order valence-electron chi connectivity index (χ2n) is 8.43. The van der Waals surface area contributed by atoms with E-state index >= 15 is 0 Å². The minimum atomic E-state index is -0.201. The number of carbonyl (C=O) groups is 2. The summed E-state index contributed by atoms with van der Waals surface area (Å²) < 4.78 is 2.03. The SMILES string of the molecule is Cc1ccc(NC(=O)N(CC(=O)N(Cc2cccn2C)CC(C)C)C2CC2)cc1. The second kappa shape index (κ2) is 9.16. The topological polar surface area (TPSA) is 57.6 Å². The van der Waals surface area contributed by atoms with Crippen LogP contribution in [0.15, 0.2) is 42.6 Å². The molecular weight excluding hydrogens is 364 g/mol. The van der Waals surface area contributed by atoms with Gasteiger partial charge in [0.1, 0.15) is 6.54 Å². The molecule has 2 aromatic rings. The highest BCUT2D eigenvalue weighted by Gasteiger charge is 2.35. The lowest BCUT2D eigenvalue weighted by molar-refractivity contribution is -0.133. The molecule has 0 bridgehead atoms. The zero-order chi connectivity index (χ0) is 21.0. The van der Waals surface area contributed by atoms with E-state index in [-0.39, 0.29) is 24.5 Å². The summed E-state index contributed by atoms with van der Waals surface area (Å²) >= 11 is 0. The molecule has 0 spiro atoms. The van der Waals surface area contributed by atoms with Gasteiger partial charge >= 0.3 is 6.03 Å². The first-order valence-corrected chi connectivity index (χ1v) is 10.4. The first kappa shape index (κ1) is 21.0. The Kier molecular flexibility index (Phi) is 6.62. The predicted octanol–water partition coefficient (Wildman–Crippen LogP) is 4.01. The number of nitrogens with one attached hydrogen (secondary N) is 1. The van der Waals surface area contributed by atoms with E-state index in [1.165, 1.54) is 0 Å². The fraction of sp³-hybridized carbons (Fsp3) is 0.478. The molecule has 3 amide bonds. The first-order chi connectivity index (χ1) is 13.8. The molecule has 1 heterocycles. The van der Waals surface area contributed by atoms with Crippen LogP contribution in [-0.2, 0) is 18.4 Å². The number of hydrogen-bond donors (Lipinski definition) is 1. The van der Waals surface area contributed by atoms with Crippen LogP contribution in [0.1, 0.15) is 37.9 Å². The lowest BCUT2D eigenvalue weighted by Gasteiger charge is -2.29. The summed E-state index contributed by atoms with van der Waals surface area (Å²) in [5, 5.41) is 2.94. The fourth-order valence-corrected chi connectivity index (χ4v) is 3.38. The Bertz CT molecular complexity index is 837. The van der Waals surface area contributed by atoms with Gasteiger partial charge in [0, 0.05) is 37.2 Å². The average molecular weight is 397 g/mol. The zero-order valence-corrected chi connectivity index (χ0v) is 17.9. The molecule has 0 saturated heterocycles. The van der Waals surface area contributed by atoms with E-state index in [4.69, 9.17) is 0 Å². The van der Waals surface area contributed by atoms with Crippen LogP contribution in [0, 0.1) is 12.8 Å². The van der Waals surface area contributed by atoms with Gasteiger partial charge in [0.05, 0.1) is 6.54 Å². The van der Waals surface area contributed by atoms with Crippen LogP contribution in [0.3, 0.4) is 0 Å². The van der Waals surface area contributed by atoms with E-state index in [9.17, 15) is 9.59 Å². The molecule has 1 saturated carbocycles. The molecule has 1 aliphatic rings. The molecule has 156 valence electrons. The largest absolute Gasteiger partial charge is 0.353 e. The van der Waals surface area contributed by atoms with E-state index in [1.807, 2.05) is 66.0 Å². The third-order valence-electron chi connectivity index (χ3n) is 5.20. The summed E-state index contributed by atoms with van der Waals surface area (Å²) in [5.41, 5.74) is 2.98. The van der Waals surface area contributed by atoms with Gasteiger partial charge in [0.15, 0.2) is 0 Å². The number of hydrogen-bond acceptors (Lipinski definition) is 2. The van der Waals surface area contributed by atoms with Crippen molar-refractivity contribution < 1.29 is 9.59 Å². The maximum absolute atomic E-state index is 13.2. The molecule has 1 N–H and O–H groups in total. The van der Waals surface area contributed by atoms with Gasteiger partial charge in [-0.3, -0.25) is 4.79 Å². The molecule has 0 aliphatic heterocycles. The van der Waals surface area contributed by atoms with E-state index in [0.717, 1.165) is 29.8 Å². The van der Waals surface area contributed by atoms with Gasteiger partial charge in [-0.15, -0.1) is 0 Å². The van der Waals surface area contributed by atoms with Crippen LogP contribution in [0.4, 0.5) is 10.5 Å². The molecule has 0 radical (unpaired) electrons. The number of nitrogens with zero attached hydrogens (tertiary/aromatic N) is 3. The summed E-state index contributed by atoms with van der Waals surface area (Å²) in [7, 11) is 1.99. The van der Waals surface area contributed by atoms with Gasteiger partial charge in [-0.1, -0.05) is 31.5 Å². The molecule has 1 aromatic heterocycles. The minimum Gasteiger partial charge on any atom is -0.353 e. The Labute approximate surface area is 173 Å². The number of benzene rings is 1. The predicted molar refractivity (Wildman–Crippen MR) is 116 cm³/mol. The average Bonchev–Trinajstić information content (AvgIpc) is 3.43. The smallest absolute Gasteiger partial charge is 0.322 e. The van der Waals surface area contributed by atoms with Crippen molar-refractivity contribution in [3.05, 3.63) is 53.9 Å². The van der Waals surface area contributed by atoms with Crippen molar-refractivity contribution in [3.63, 3.8) is 0 Å². The number of rotatable bonds is 8. The number of anilines is 1. The van der Waals surface area contributed by atoms with E-state index in [1.54, 1.807) is 4.90 Å². The normalized spacial score (nSPS) is 13.4. The molecule has 0 atom stereocenters. The van der Waals surface area contributed by atoms with Crippen LogP contribution >= 0.6 is 0 Å². The summed E-state index contributed by atoms with van der Waals surface area (Å²) in [4.78, 5) is 29.6. The lowest BCUT2D eigenvalue weighted by Crippen LogP contribution is -2.46. The Morgan fingerprint density at radius 2 is 1.86 bits per heavy atom. The van der Waals surface area contributed by atoms with E-state index in [2.05, 4.69) is 19.2 Å². The fourth-order valence-electron chi connectivity index (χ4n) is 3.38. The molecule has 6 heteroatoms. The van der Waals surface area contributed by atoms with Gasteiger partial charge < -0.3 is 19.7 Å². The van der Waals surface area contributed by atoms with E-state index < -0.39 is 0 Å². The third kappa shape index (κ3) is 5.86. The molecule has 0 unspecified atom stereocenters. The van der Waals surface area contributed by atoms with Crippen molar-refractivity contribution in [2.45, 2.75) is 46.2 Å². The monoisotopic (exact) mass is 396 g/mol. The van der Waals surface area contributed by atoms with Gasteiger partial charge in [-0.2, -0.15) is 0 Å². The highest BCUT2D eigenvalue weighted by atomic mass is 16.2. The van der Waals surface area contributed by atoms with Crippen molar-refractivity contribution in [1.82, 2.24) is 14.4 Å². The third-order valence-corrected chi connectivity index (χ3v) is 5.20. The summed E-state index contributed by atoms with van der Waals surface area (Å²) in [6.45, 7) is 7.55. The Balaban J connectivity index is 1.68. The maximum Gasteiger partial charge on any atom is 0.322 e. The Morgan fingerprint density at radius 1 is 1.17 bits per heavy atom. The Hall–Kier alpha value is -2.76. The summed E-state index contributed by atoms with van der Waals surface area (Å²) in [5.74, 6) is 0.348. The van der Waals surface area contributed by atoms with E-state index in [0.29, 0.717) is 19.0 Å². The Morgan fingerprint density at radius 3 is 2.41 bits per heavy atom. The van der Waals surface area contributed by atoms with Crippen molar-refractivity contribution in [2.24, 2.45) is 13.0 Å². The number of aromatic nitrogens is 1. The highest BCUT2D eigenvalue weighted by Crippen LogP contribution is 2.27. The molecule has 6 nitrogen and oxygen atoms in total. The van der Waals surface area contributed by atoms with Crippen LogP contribution in [0.5, 0.6) is 0 Å². The standard InChI is InChI=1S/C23H32N4O2/c1-17(2)14-26(15-21-6-5-13-25(21)4)22(28)16-27(20-11-12-20)23(29)24-19-9-7-18(3)8-10-19/h5-10,13,17,20H,11-12,14-16H2,1-4H3,(H,24,29). The van der Waals surface area contributed by atoms with Crippen LogP contribution in [0.2, 0.25) is 0 Å². The van der Waals surface area contributed by atoms with Gasteiger partial charge in [-0.05, 0) is 49.9 Å². The van der Waals surface area contributed by atoms with Crippen molar-refractivity contribution in [1.29, 1.82) is 0 Å². The summed E-state index contributed by atoms with van der Waals surface area (Å²) in [6.07, 6.45) is 3.89. The molecule has 1 aliphatic carbocycles. The van der Waals surface area contributed by atoms with Crippen LogP contribution < -0.4 is 5.32 Å². The van der Waals surface area contributed by atoms with Crippen molar-refractivity contribution >= 4 is 17.6 Å². The number of aryl methyl sites for hydroxylation is 2. The minimum absolute atomic E-state index is 0.00847. The van der Waals surface area contributed by atoms with Crippen molar-refractivity contribution in [3.8, 4) is 0 Å². The number of urea groups is 1.